The van der Waals surface area contributed by atoms with Crippen molar-refractivity contribution < 1.29 is 9.53 Å². The van der Waals surface area contributed by atoms with Crippen molar-refractivity contribution in [3.63, 3.8) is 0 Å². The molecular formula is C21H26N2O2. The van der Waals surface area contributed by atoms with Crippen LogP contribution in [0.5, 0.6) is 5.75 Å². The van der Waals surface area contributed by atoms with Crippen molar-refractivity contribution in [2.75, 3.05) is 13.7 Å². The van der Waals surface area contributed by atoms with E-state index in [9.17, 15) is 4.79 Å². The lowest BCUT2D eigenvalue weighted by molar-refractivity contribution is -0.126. The molecule has 0 saturated carbocycles. The van der Waals surface area contributed by atoms with Gasteiger partial charge in [-0.25, -0.2) is 0 Å². The normalized spacial score (nSPS) is 15.3. The third-order valence-electron chi connectivity index (χ3n) is 4.98. The molecule has 1 unspecified atom stereocenters. The van der Waals surface area contributed by atoms with Crippen molar-refractivity contribution in [3.05, 3.63) is 64.7 Å². The summed E-state index contributed by atoms with van der Waals surface area (Å²) in [5.74, 6) is 0.860. The van der Waals surface area contributed by atoms with Gasteiger partial charge in [-0.2, -0.15) is 0 Å². The van der Waals surface area contributed by atoms with Crippen molar-refractivity contribution in [1.82, 2.24) is 10.2 Å². The number of ether oxygens (including phenoxy) is 1. The van der Waals surface area contributed by atoms with E-state index in [4.69, 9.17) is 4.74 Å². The van der Waals surface area contributed by atoms with Crippen molar-refractivity contribution in [2.45, 2.75) is 39.4 Å². The van der Waals surface area contributed by atoms with Crippen molar-refractivity contribution in [1.29, 1.82) is 0 Å². The van der Waals surface area contributed by atoms with Gasteiger partial charge in [0.2, 0.25) is 5.91 Å². The number of rotatable bonds is 5. The zero-order valence-corrected chi connectivity index (χ0v) is 15.2. The number of hydrogen-bond acceptors (Lipinski definition) is 3. The smallest absolute Gasteiger partial charge is 0.237 e. The van der Waals surface area contributed by atoms with Gasteiger partial charge in [0.05, 0.1) is 13.2 Å². The van der Waals surface area contributed by atoms with E-state index in [-0.39, 0.29) is 11.9 Å². The largest absolute Gasteiger partial charge is 0.496 e. The molecule has 3 rings (SSSR count). The van der Waals surface area contributed by atoms with Gasteiger partial charge in [-0.3, -0.25) is 9.69 Å². The Morgan fingerprint density at radius 1 is 1.24 bits per heavy atom. The maximum Gasteiger partial charge on any atom is 0.237 e. The molecule has 0 aliphatic carbocycles. The molecule has 4 heteroatoms. The molecule has 2 aromatic carbocycles. The SMILES string of the molecule is COc1ccccc1CNC(=O)C(C)N1CCc2cc(C)ccc2C1. The highest BCUT2D eigenvalue weighted by Gasteiger charge is 2.25. The molecule has 0 aromatic heterocycles. The van der Waals surface area contributed by atoms with E-state index in [2.05, 4.69) is 35.3 Å². The van der Waals surface area contributed by atoms with Crippen LogP contribution < -0.4 is 10.1 Å². The molecule has 4 nitrogen and oxygen atoms in total. The van der Waals surface area contributed by atoms with Gasteiger partial charge in [-0.1, -0.05) is 42.0 Å². The Morgan fingerprint density at radius 3 is 2.84 bits per heavy atom. The van der Waals surface area contributed by atoms with Gasteiger partial charge < -0.3 is 10.1 Å². The minimum atomic E-state index is -0.149. The van der Waals surface area contributed by atoms with Gasteiger partial charge in [-0.15, -0.1) is 0 Å². The third-order valence-corrected chi connectivity index (χ3v) is 4.98. The fourth-order valence-electron chi connectivity index (χ4n) is 3.38. The Bertz CT molecular complexity index is 757. The summed E-state index contributed by atoms with van der Waals surface area (Å²) >= 11 is 0. The van der Waals surface area contributed by atoms with Gasteiger partial charge in [0.15, 0.2) is 0 Å². The Morgan fingerprint density at radius 2 is 2.04 bits per heavy atom. The third kappa shape index (κ3) is 4.02. The molecule has 1 amide bonds. The fraction of sp³-hybridized carbons (Fsp3) is 0.381. The Labute approximate surface area is 149 Å². The maximum absolute atomic E-state index is 12.6. The molecule has 1 N–H and O–H groups in total. The number of carbonyl (C=O) groups excluding carboxylic acids is 1. The van der Waals surface area contributed by atoms with E-state index in [1.807, 2.05) is 31.2 Å². The first-order chi connectivity index (χ1) is 12.1. The number of fused-ring (bicyclic) bond motifs is 1. The van der Waals surface area contributed by atoms with Crippen LogP contribution in [0.2, 0.25) is 0 Å². The predicted molar refractivity (Wildman–Crippen MR) is 99.6 cm³/mol. The molecule has 0 fully saturated rings. The van der Waals surface area contributed by atoms with Gasteiger partial charge in [0.25, 0.3) is 0 Å². The highest BCUT2D eigenvalue weighted by Crippen LogP contribution is 2.22. The first kappa shape index (κ1) is 17.5. The summed E-state index contributed by atoms with van der Waals surface area (Å²) in [6.07, 6.45) is 1.00. The lowest BCUT2D eigenvalue weighted by Crippen LogP contribution is -2.46. The summed E-state index contributed by atoms with van der Waals surface area (Å²) in [6.45, 7) is 6.34. The molecule has 1 heterocycles. The van der Waals surface area contributed by atoms with Crippen LogP contribution >= 0.6 is 0 Å². The molecule has 1 aliphatic rings. The molecule has 0 bridgehead atoms. The van der Waals surface area contributed by atoms with Gasteiger partial charge in [0.1, 0.15) is 5.75 Å². The average Bonchev–Trinajstić information content (AvgIpc) is 2.65. The number of nitrogens with one attached hydrogen (secondary N) is 1. The molecule has 1 aliphatic heterocycles. The van der Waals surface area contributed by atoms with Crippen LogP contribution in [0.3, 0.4) is 0 Å². The number of nitrogens with zero attached hydrogens (tertiary/aromatic N) is 1. The molecule has 132 valence electrons. The lowest BCUT2D eigenvalue weighted by atomic mass is 9.96. The van der Waals surface area contributed by atoms with Crippen LogP contribution in [0.15, 0.2) is 42.5 Å². The van der Waals surface area contributed by atoms with Crippen molar-refractivity contribution >= 4 is 5.91 Å². The summed E-state index contributed by atoms with van der Waals surface area (Å²) in [4.78, 5) is 14.8. The van der Waals surface area contributed by atoms with Crippen molar-refractivity contribution in [3.8, 4) is 5.75 Å². The van der Waals surface area contributed by atoms with E-state index in [1.54, 1.807) is 7.11 Å². The van der Waals surface area contributed by atoms with Gasteiger partial charge in [0, 0.05) is 25.2 Å². The standard InChI is InChI=1S/C21H26N2O2/c1-15-8-9-19-14-23(11-10-17(19)12-15)16(2)21(24)22-13-18-6-4-5-7-20(18)25-3/h4-9,12,16H,10-11,13-14H2,1-3H3,(H,22,24). The van der Waals surface area contributed by atoms with Crippen LogP contribution in [0.25, 0.3) is 0 Å². The van der Waals surface area contributed by atoms with Crippen LogP contribution in [0.1, 0.15) is 29.2 Å². The fourth-order valence-corrected chi connectivity index (χ4v) is 3.38. The highest BCUT2D eigenvalue weighted by atomic mass is 16.5. The summed E-state index contributed by atoms with van der Waals surface area (Å²) in [5, 5.41) is 3.04. The molecule has 0 saturated heterocycles. The van der Waals surface area contributed by atoms with E-state index >= 15 is 0 Å². The topological polar surface area (TPSA) is 41.6 Å². The summed E-state index contributed by atoms with van der Waals surface area (Å²) in [6, 6.07) is 14.2. The summed E-state index contributed by atoms with van der Waals surface area (Å²) in [5.41, 5.74) is 5.04. The van der Waals surface area contributed by atoms with E-state index in [0.717, 1.165) is 30.8 Å². The highest BCUT2D eigenvalue weighted by molar-refractivity contribution is 5.81. The van der Waals surface area contributed by atoms with Gasteiger partial charge >= 0.3 is 0 Å². The average molecular weight is 338 g/mol. The number of hydrogen-bond donors (Lipinski definition) is 1. The quantitative estimate of drug-likeness (QED) is 0.911. The molecule has 1 atom stereocenters. The monoisotopic (exact) mass is 338 g/mol. The molecule has 0 radical (unpaired) electrons. The summed E-state index contributed by atoms with van der Waals surface area (Å²) < 4.78 is 5.34. The number of amides is 1. The summed E-state index contributed by atoms with van der Waals surface area (Å²) in [7, 11) is 1.65. The number of aryl methyl sites for hydroxylation is 1. The Hall–Kier alpha value is -2.33. The van der Waals surface area contributed by atoms with Gasteiger partial charge in [-0.05, 0) is 37.5 Å². The van der Waals surface area contributed by atoms with Crippen LogP contribution in [-0.2, 0) is 24.3 Å². The van der Waals surface area contributed by atoms with Crippen LogP contribution in [0, 0.1) is 6.92 Å². The first-order valence-electron chi connectivity index (χ1n) is 8.80. The van der Waals surface area contributed by atoms with E-state index in [1.165, 1.54) is 16.7 Å². The Kier molecular flexibility index (Phi) is 5.39. The van der Waals surface area contributed by atoms with E-state index in [0.29, 0.717) is 6.54 Å². The Balaban J connectivity index is 1.60. The number of methoxy groups -OCH3 is 1. The molecule has 2 aromatic rings. The lowest BCUT2D eigenvalue weighted by Gasteiger charge is -2.33. The van der Waals surface area contributed by atoms with Crippen molar-refractivity contribution in [2.24, 2.45) is 0 Å². The number of para-hydroxylation sites is 1. The second-order valence-corrected chi connectivity index (χ2v) is 6.70. The molecular weight excluding hydrogens is 312 g/mol. The second-order valence-electron chi connectivity index (χ2n) is 6.70. The number of benzene rings is 2. The first-order valence-corrected chi connectivity index (χ1v) is 8.80. The zero-order chi connectivity index (χ0) is 17.8. The zero-order valence-electron chi connectivity index (χ0n) is 15.2. The van der Waals surface area contributed by atoms with E-state index < -0.39 is 0 Å². The molecule has 0 spiro atoms. The van der Waals surface area contributed by atoms with Crippen LogP contribution in [0.4, 0.5) is 0 Å². The number of carbonyl (C=O) groups is 1. The van der Waals surface area contributed by atoms with Crippen LogP contribution in [-0.4, -0.2) is 30.5 Å². The second kappa shape index (κ2) is 7.70. The predicted octanol–water partition coefficient (Wildman–Crippen LogP) is 3.07. The minimum absolute atomic E-state index is 0.0569. The molecule has 25 heavy (non-hydrogen) atoms. The minimum Gasteiger partial charge on any atom is -0.496 e. The maximum atomic E-state index is 12.6.